The Morgan fingerprint density at radius 3 is 2.19 bits per heavy atom. The minimum atomic E-state index is -0.779. The quantitative estimate of drug-likeness (QED) is 0.499. The van der Waals surface area contributed by atoms with Gasteiger partial charge in [-0.1, -0.05) is 52.3 Å². The van der Waals surface area contributed by atoms with Crippen LogP contribution < -0.4 is 14.2 Å². The molecule has 0 atom stereocenters. The van der Waals surface area contributed by atoms with Gasteiger partial charge in [0.2, 0.25) is 0 Å². The number of rotatable bonds is 5. The lowest BCUT2D eigenvalue weighted by Crippen LogP contribution is -2.16. The van der Waals surface area contributed by atoms with E-state index in [0.29, 0.717) is 17.2 Å². The second-order valence-corrected chi connectivity index (χ2v) is 7.42. The van der Waals surface area contributed by atoms with Gasteiger partial charge in [-0.15, -0.1) is 0 Å². The summed E-state index contributed by atoms with van der Waals surface area (Å²) >= 11 is 0. The Balaban J connectivity index is 2.12. The Hall–Kier alpha value is -2.49. The largest absolute Gasteiger partial charge is 0.519 e. The number of ether oxygens (including phenoxy) is 3. The molecule has 4 heteroatoms. The molecule has 0 spiro atoms. The van der Waals surface area contributed by atoms with Crippen molar-refractivity contribution in [1.82, 2.24) is 0 Å². The van der Waals surface area contributed by atoms with Gasteiger partial charge in [0.25, 0.3) is 0 Å². The van der Waals surface area contributed by atoms with Crippen LogP contribution in [0.2, 0.25) is 0 Å². The first kappa shape index (κ1) is 19.8. The zero-order valence-electron chi connectivity index (χ0n) is 16.5. The Bertz CT molecular complexity index is 772. The summed E-state index contributed by atoms with van der Waals surface area (Å²) in [5, 5.41) is 0. The molecule has 0 saturated carbocycles. The molecule has 0 unspecified atom stereocenters. The normalized spacial score (nSPS) is 11.2. The van der Waals surface area contributed by atoms with Crippen LogP contribution >= 0.6 is 0 Å². The van der Waals surface area contributed by atoms with Gasteiger partial charge in [-0.05, 0) is 53.6 Å². The van der Waals surface area contributed by atoms with Crippen LogP contribution in [0.25, 0.3) is 0 Å². The number of benzene rings is 2. The lowest BCUT2D eigenvalue weighted by atomic mass is 9.86. The highest BCUT2D eigenvalue weighted by molar-refractivity contribution is 5.69. The van der Waals surface area contributed by atoms with Gasteiger partial charge in [0, 0.05) is 0 Å². The third kappa shape index (κ3) is 5.01. The van der Waals surface area contributed by atoms with E-state index in [9.17, 15) is 4.79 Å². The SMILES string of the molecule is CCCc1ccc(OC(=O)Oc2ccc(C(C)(C)C)cc2C)c(OC)c1. The van der Waals surface area contributed by atoms with Crippen LogP contribution in [-0.4, -0.2) is 13.3 Å². The van der Waals surface area contributed by atoms with E-state index in [1.165, 1.54) is 5.56 Å². The number of methoxy groups -OCH3 is 1. The van der Waals surface area contributed by atoms with Crippen LogP contribution in [0.4, 0.5) is 4.79 Å². The number of hydrogen-bond acceptors (Lipinski definition) is 4. The first-order valence-corrected chi connectivity index (χ1v) is 8.92. The summed E-state index contributed by atoms with van der Waals surface area (Å²) in [7, 11) is 1.55. The molecule has 0 radical (unpaired) electrons. The second-order valence-electron chi connectivity index (χ2n) is 7.42. The molecule has 2 rings (SSSR count). The Kier molecular flexibility index (Phi) is 6.30. The monoisotopic (exact) mass is 356 g/mol. The average molecular weight is 356 g/mol. The number of carbonyl (C=O) groups excluding carboxylic acids is 1. The summed E-state index contributed by atoms with van der Waals surface area (Å²) in [6.45, 7) is 10.5. The molecule has 26 heavy (non-hydrogen) atoms. The van der Waals surface area contributed by atoms with E-state index >= 15 is 0 Å². The average Bonchev–Trinajstić information content (AvgIpc) is 2.57. The minimum Gasteiger partial charge on any atom is -0.493 e. The molecule has 0 N–H and O–H groups in total. The molecule has 4 nitrogen and oxygen atoms in total. The van der Waals surface area contributed by atoms with Crippen molar-refractivity contribution in [2.75, 3.05) is 7.11 Å². The van der Waals surface area contributed by atoms with E-state index in [0.717, 1.165) is 24.0 Å². The standard InChI is InChI=1S/C22H28O4/c1-7-8-16-9-11-19(20(14-16)24-6)26-21(23)25-18-12-10-17(13-15(18)2)22(3,4)5/h9-14H,7-8H2,1-6H3. The number of hydrogen-bond donors (Lipinski definition) is 0. The zero-order valence-corrected chi connectivity index (χ0v) is 16.5. The van der Waals surface area contributed by atoms with Crippen LogP contribution in [0, 0.1) is 6.92 Å². The van der Waals surface area contributed by atoms with Crippen molar-refractivity contribution in [3.63, 3.8) is 0 Å². The van der Waals surface area contributed by atoms with Gasteiger partial charge in [-0.3, -0.25) is 0 Å². The maximum Gasteiger partial charge on any atom is 0.519 e. The molecule has 0 amide bonds. The molecule has 0 saturated heterocycles. The molecule has 0 aliphatic rings. The van der Waals surface area contributed by atoms with Crippen molar-refractivity contribution in [2.24, 2.45) is 0 Å². The van der Waals surface area contributed by atoms with E-state index in [1.807, 2.05) is 31.2 Å². The molecule has 0 aromatic heterocycles. The molecule has 0 bridgehead atoms. The van der Waals surface area contributed by atoms with Crippen LogP contribution in [0.3, 0.4) is 0 Å². The number of aryl methyl sites for hydroxylation is 2. The fraction of sp³-hybridized carbons (Fsp3) is 0.409. The van der Waals surface area contributed by atoms with Gasteiger partial charge >= 0.3 is 6.16 Å². The molecule has 0 heterocycles. The highest BCUT2D eigenvalue weighted by atomic mass is 16.7. The van der Waals surface area contributed by atoms with E-state index in [4.69, 9.17) is 14.2 Å². The fourth-order valence-corrected chi connectivity index (χ4v) is 2.67. The lowest BCUT2D eigenvalue weighted by Gasteiger charge is -2.20. The third-order valence-corrected chi connectivity index (χ3v) is 4.19. The molecule has 0 aliphatic carbocycles. The van der Waals surface area contributed by atoms with Crippen LogP contribution in [-0.2, 0) is 11.8 Å². The van der Waals surface area contributed by atoms with Gasteiger partial charge in [-0.2, -0.15) is 0 Å². The molecule has 0 fully saturated rings. The highest BCUT2D eigenvalue weighted by Gasteiger charge is 2.17. The first-order valence-electron chi connectivity index (χ1n) is 8.92. The van der Waals surface area contributed by atoms with Crippen molar-refractivity contribution >= 4 is 6.16 Å². The summed E-state index contributed by atoms with van der Waals surface area (Å²) in [6.07, 6.45) is 1.20. The van der Waals surface area contributed by atoms with Gasteiger partial charge in [0.05, 0.1) is 7.11 Å². The van der Waals surface area contributed by atoms with Gasteiger partial charge < -0.3 is 14.2 Å². The van der Waals surface area contributed by atoms with Crippen LogP contribution in [0.15, 0.2) is 36.4 Å². The predicted octanol–water partition coefficient (Wildman–Crippen LogP) is 5.83. The maximum absolute atomic E-state index is 12.2. The van der Waals surface area contributed by atoms with Crippen molar-refractivity contribution in [3.05, 3.63) is 53.1 Å². The van der Waals surface area contributed by atoms with E-state index in [1.54, 1.807) is 19.2 Å². The Labute approximate surface area is 156 Å². The maximum atomic E-state index is 12.2. The zero-order chi connectivity index (χ0) is 19.3. The molecule has 2 aromatic rings. The molecule has 140 valence electrons. The van der Waals surface area contributed by atoms with Crippen LogP contribution in [0.1, 0.15) is 50.8 Å². The molecule has 0 aliphatic heterocycles. The minimum absolute atomic E-state index is 0.0391. The summed E-state index contributed by atoms with van der Waals surface area (Å²) in [5.41, 5.74) is 3.25. The smallest absolute Gasteiger partial charge is 0.493 e. The highest BCUT2D eigenvalue weighted by Crippen LogP contribution is 2.30. The third-order valence-electron chi connectivity index (χ3n) is 4.19. The predicted molar refractivity (Wildman–Crippen MR) is 104 cm³/mol. The van der Waals surface area contributed by atoms with E-state index in [2.05, 4.69) is 27.7 Å². The number of carbonyl (C=O) groups is 1. The van der Waals surface area contributed by atoms with Crippen molar-refractivity contribution in [3.8, 4) is 17.2 Å². The van der Waals surface area contributed by atoms with Gasteiger partial charge in [0.1, 0.15) is 5.75 Å². The van der Waals surface area contributed by atoms with Crippen molar-refractivity contribution in [2.45, 2.75) is 52.9 Å². The van der Waals surface area contributed by atoms with E-state index < -0.39 is 6.16 Å². The summed E-state index contributed by atoms with van der Waals surface area (Å²) in [6, 6.07) is 11.4. The first-order chi connectivity index (χ1) is 12.2. The topological polar surface area (TPSA) is 44.8 Å². The van der Waals surface area contributed by atoms with Gasteiger partial charge in [0.15, 0.2) is 11.5 Å². The Morgan fingerprint density at radius 2 is 1.62 bits per heavy atom. The Morgan fingerprint density at radius 1 is 0.962 bits per heavy atom. The fourth-order valence-electron chi connectivity index (χ4n) is 2.67. The summed E-state index contributed by atoms with van der Waals surface area (Å²) < 4.78 is 16.0. The second kappa shape index (κ2) is 8.26. The van der Waals surface area contributed by atoms with Gasteiger partial charge in [-0.25, -0.2) is 4.79 Å². The summed E-state index contributed by atoms with van der Waals surface area (Å²) in [4.78, 5) is 12.2. The molecule has 2 aromatic carbocycles. The van der Waals surface area contributed by atoms with Crippen molar-refractivity contribution < 1.29 is 19.0 Å². The summed E-state index contributed by atoms with van der Waals surface area (Å²) in [5.74, 6) is 1.36. The molecular weight excluding hydrogens is 328 g/mol. The van der Waals surface area contributed by atoms with Crippen LogP contribution in [0.5, 0.6) is 17.2 Å². The molecular formula is C22H28O4. The lowest BCUT2D eigenvalue weighted by molar-refractivity contribution is 0.150. The van der Waals surface area contributed by atoms with E-state index in [-0.39, 0.29) is 5.41 Å². The van der Waals surface area contributed by atoms with Crippen molar-refractivity contribution in [1.29, 1.82) is 0 Å².